The fourth-order valence-electron chi connectivity index (χ4n) is 2.50. The zero-order valence-electron chi connectivity index (χ0n) is 12.7. The monoisotopic (exact) mass is 412 g/mol. The van der Waals surface area contributed by atoms with Gasteiger partial charge in [0.25, 0.3) is 0 Å². The molecule has 24 heavy (non-hydrogen) atoms. The molecule has 2 aromatic carbocycles. The third-order valence-corrected chi connectivity index (χ3v) is 6.04. The Kier molecular flexibility index (Phi) is 4.46. The van der Waals surface area contributed by atoms with Crippen molar-refractivity contribution < 1.29 is 17.9 Å². The number of rotatable bonds is 3. The summed E-state index contributed by atoms with van der Waals surface area (Å²) in [6.07, 6.45) is 0.624. The standard InChI is InChI=1S/C16H14BrFN2O3S/c1-9-6-11(3-4-12(9)17)20-24(22,23)15-7-10-2-5-16(21)19-14(10)8-13(15)18/h3-4,6-8H,2,5H2,1H3,(H2-,19,20,21,22,23). The molecule has 1 atom stereocenters. The van der Waals surface area contributed by atoms with Gasteiger partial charge < -0.3 is 9.87 Å². The van der Waals surface area contributed by atoms with Gasteiger partial charge in [0.2, 0.25) is 10.8 Å². The second-order valence-corrected chi connectivity index (χ2v) is 8.06. The molecule has 8 heteroatoms. The number of fused-ring (bicyclic) bond motifs is 1. The number of benzene rings is 2. The van der Waals surface area contributed by atoms with Crippen LogP contribution in [-0.4, -0.2) is 10.5 Å². The number of hydrogen-bond acceptors (Lipinski definition) is 3. The molecule has 1 unspecified atom stereocenters. The molecular formula is C16H14BrFN2O3S. The first-order chi connectivity index (χ1) is 11.3. The predicted molar refractivity (Wildman–Crippen MR) is 92.9 cm³/mol. The van der Waals surface area contributed by atoms with E-state index in [1.165, 1.54) is 6.07 Å². The van der Waals surface area contributed by atoms with Crippen LogP contribution in [0.25, 0.3) is 0 Å². The molecule has 5 nitrogen and oxygen atoms in total. The van der Waals surface area contributed by atoms with Crippen LogP contribution in [0.1, 0.15) is 17.5 Å². The summed E-state index contributed by atoms with van der Waals surface area (Å²) in [5.41, 5.74) is 2.12. The fourth-order valence-corrected chi connectivity index (χ4v) is 3.91. The molecule has 0 fully saturated rings. The lowest BCUT2D eigenvalue weighted by molar-refractivity contribution is -0.116. The van der Waals surface area contributed by atoms with E-state index in [0.29, 0.717) is 23.4 Å². The van der Waals surface area contributed by atoms with Gasteiger partial charge in [-0.05, 0) is 42.7 Å². The van der Waals surface area contributed by atoms with Crippen molar-refractivity contribution >= 4 is 43.6 Å². The molecule has 0 saturated carbocycles. The van der Waals surface area contributed by atoms with Gasteiger partial charge in [0.05, 0.1) is 5.69 Å². The van der Waals surface area contributed by atoms with Crippen LogP contribution in [0.5, 0.6) is 0 Å². The van der Waals surface area contributed by atoms with E-state index in [2.05, 4.69) is 26.0 Å². The van der Waals surface area contributed by atoms with Crippen molar-refractivity contribution in [2.75, 3.05) is 10.0 Å². The lowest BCUT2D eigenvalue weighted by Crippen LogP contribution is -2.25. The molecule has 1 aliphatic heterocycles. The van der Waals surface area contributed by atoms with E-state index in [9.17, 15) is 17.9 Å². The highest BCUT2D eigenvalue weighted by atomic mass is 79.9. The zero-order chi connectivity index (χ0) is 17.5. The molecule has 0 aromatic heterocycles. The first-order valence-electron chi connectivity index (χ1n) is 7.17. The topological polar surface area (TPSA) is 81.3 Å². The maximum absolute atomic E-state index is 14.3. The Morgan fingerprint density at radius 3 is 2.75 bits per heavy atom. The Morgan fingerprint density at radius 2 is 2.04 bits per heavy atom. The largest absolute Gasteiger partial charge is 0.588 e. The molecule has 2 aromatic rings. The summed E-state index contributed by atoms with van der Waals surface area (Å²) >= 11 is 3.34. The number of anilines is 2. The molecular weight excluding hydrogens is 399 g/mol. The lowest BCUT2D eigenvalue weighted by atomic mass is 10.0. The highest BCUT2D eigenvalue weighted by Crippen LogP contribution is 2.31. The summed E-state index contributed by atoms with van der Waals surface area (Å²) < 4.78 is 42.5. The second-order valence-electron chi connectivity index (χ2n) is 5.56. The van der Waals surface area contributed by atoms with Crippen LogP contribution in [0.15, 0.2) is 39.7 Å². The van der Waals surface area contributed by atoms with Crippen LogP contribution in [0.3, 0.4) is 0 Å². The molecule has 126 valence electrons. The van der Waals surface area contributed by atoms with Crippen molar-refractivity contribution in [3.05, 3.63) is 51.7 Å². The van der Waals surface area contributed by atoms with Gasteiger partial charge in [0.15, 0.2) is 16.2 Å². The summed E-state index contributed by atoms with van der Waals surface area (Å²) in [5, 5.41) is 2.54. The van der Waals surface area contributed by atoms with E-state index in [1.807, 2.05) is 6.92 Å². The van der Waals surface area contributed by atoms with Crippen LogP contribution in [-0.2, 0) is 25.8 Å². The Morgan fingerprint density at radius 1 is 1.29 bits per heavy atom. The van der Waals surface area contributed by atoms with Gasteiger partial charge in [-0.25, -0.2) is 9.11 Å². The van der Waals surface area contributed by atoms with Gasteiger partial charge in [0.1, 0.15) is 0 Å². The number of amides is 1. The smallest absolute Gasteiger partial charge is 0.224 e. The Bertz CT molecular complexity index is 888. The average molecular weight is 413 g/mol. The second kappa shape index (κ2) is 6.27. The Labute approximate surface area is 148 Å². The fraction of sp³-hybridized carbons (Fsp3) is 0.188. The van der Waals surface area contributed by atoms with Gasteiger partial charge in [-0.2, -0.15) is 0 Å². The number of hydrogen-bond donors (Lipinski definition) is 2. The van der Waals surface area contributed by atoms with Crippen molar-refractivity contribution in [3.8, 4) is 0 Å². The van der Waals surface area contributed by atoms with E-state index in [4.69, 9.17) is 0 Å². The molecule has 3 rings (SSSR count). The van der Waals surface area contributed by atoms with Crippen LogP contribution in [0.4, 0.5) is 15.8 Å². The minimum atomic E-state index is -4.07. The van der Waals surface area contributed by atoms with Crippen LogP contribution in [0.2, 0.25) is 0 Å². The summed E-state index contributed by atoms with van der Waals surface area (Å²) in [6, 6.07) is 7.28. The van der Waals surface area contributed by atoms with Crippen LogP contribution >= 0.6 is 15.9 Å². The van der Waals surface area contributed by atoms with Crippen molar-refractivity contribution in [2.24, 2.45) is 0 Å². The van der Waals surface area contributed by atoms with Gasteiger partial charge >= 0.3 is 0 Å². The highest BCUT2D eigenvalue weighted by molar-refractivity contribution is 9.10. The molecule has 0 bridgehead atoms. The lowest BCUT2D eigenvalue weighted by Gasteiger charge is -2.21. The van der Waals surface area contributed by atoms with Crippen molar-refractivity contribution in [2.45, 2.75) is 24.7 Å². The van der Waals surface area contributed by atoms with Gasteiger partial charge in [0, 0.05) is 28.7 Å². The summed E-state index contributed by atoms with van der Waals surface area (Å²) in [4.78, 5) is 10.9. The van der Waals surface area contributed by atoms with Crippen molar-refractivity contribution in [1.82, 2.24) is 0 Å². The molecule has 0 aliphatic carbocycles. The first-order valence-corrected chi connectivity index (χ1v) is 9.45. The predicted octanol–water partition coefficient (Wildman–Crippen LogP) is 3.80. The molecule has 0 radical (unpaired) electrons. The Balaban J connectivity index is 1.96. The Hall–Kier alpha value is -1.77. The summed E-state index contributed by atoms with van der Waals surface area (Å²) in [6.45, 7) is 1.82. The molecule has 1 aliphatic rings. The molecule has 1 amide bonds. The van der Waals surface area contributed by atoms with Crippen molar-refractivity contribution in [3.63, 3.8) is 0 Å². The normalized spacial score (nSPS) is 16.1. The van der Waals surface area contributed by atoms with E-state index in [1.54, 1.807) is 18.2 Å². The molecule has 0 saturated heterocycles. The minimum Gasteiger partial charge on any atom is -0.588 e. The number of carbonyl (C=O) groups is 1. The minimum absolute atomic E-state index is 0.207. The number of aryl methyl sites for hydroxylation is 2. The third-order valence-electron chi connectivity index (χ3n) is 3.75. The maximum atomic E-state index is 14.3. The molecule has 0 spiro atoms. The van der Waals surface area contributed by atoms with E-state index in [-0.39, 0.29) is 12.3 Å². The van der Waals surface area contributed by atoms with Gasteiger partial charge in [-0.15, -0.1) is 0 Å². The average Bonchev–Trinajstić information content (AvgIpc) is 2.49. The van der Waals surface area contributed by atoms with Gasteiger partial charge in [-0.3, -0.25) is 4.79 Å². The van der Waals surface area contributed by atoms with Gasteiger partial charge in [-0.1, -0.05) is 20.1 Å². The number of nitrogens with one attached hydrogen (secondary N) is 2. The van der Waals surface area contributed by atoms with E-state index in [0.717, 1.165) is 16.1 Å². The quantitative estimate of drug-likeness (QED) is 0.752. The van der Waals surface area contributed by atoms with E-state index < -0.39 is 21.1 Å². The van der Waals surface area contributed by atoms with E-state index >= 15 is 0 Å². The van der Waals surface area contributed by atoms with Crippen LogP contribution < -0.4 is 10.0 Å². The van der Waals surface area contributed by atoms with Crippen molar-refractivity contribution in [1.29, 1.82) is 0 Å². The SMILES string of the molecule is Cc1cc(N[S+](=O)([O-])c2cc3c(cc2F)NC(=O)CC3)ccc1Br. The number of carbonyl (C=O) groups excluding carboxylic acids is 1. The summed E-state index contributed by atoms with van der Waals surface area (Å²) in [5.74, 6) is -1.11. The zero-order valence-corrected chi connectivity index (χ0v) is 15.1. The highest BCUT2D eigenvalue weighted by Gasteiger charge is 2.29. The van der Waals surface area contributed by atoms with Crippen LogP contribution in [0, 0.1) is 12.7 Å². The number of sulfonamides is 1. The number of halogens is 2. The molecule has 1 heterocycles. The first kappa shape index (κ1) is 17.1. The maximum Gasteiger partial charge on any atom is 0.224 e. The third kappa shape index (κ3) is 3.35. The molecule has 2 N–H and O–H groups in total. The summed E-state index contributed by atoms with van der Waals surface area (Å²) in [7, 11) is -4.07.